The molecule has 0 bridgehead atoms. The minimum absolute atomic E-state index is 0.0954. The summed E-state index contributed by atoms with van der Waals surface area (Å²) in [5.74, 6) is 0.534. The van der Waals surface area contributed by atoms with E-state index in [0.717, 1.165) is 47.7 Å². The summed E-state index contributed by atoms with van der Waals surface area (Å²) in [6.45, 7) is 2.30. The number of hydrogen-bond donors (Lipinski definition) is 1. The standard InChI is InChI=1S/C33H38N4O7S2/c1-45(40,41)35-17-12-22(13-18-35)14-19-36-28-10-9-27(25-5-4-6-26(31(25)28)33(36)39)34-32(38)29-7-2-3-16-37(29)46(42,43)24-8-11-30-23(21-24)15-20-44-30/h4-6,8-11,21-22,29H,2-3,7,12-20H2,1H3,(H,34,38). The molecule has 1 unspecified atom stereocenters. The molecule has 0 saturated carbocycles. The number of nitrogens with zero attached hydrogens (tertiary/aromatic N) is 3. The lowest BCUT2D eigenvalue weighted by Gasteiger charge is -2.33. The van der Waals surface area contributed by atoms with Gasteiger partial charge in [0.15, 0.2) is 0 Å². The first-order valence-corrected chi connectivity index (χ1v) is 19.2. The molecule has 0 radical (unpaired) electrons. The highest BCUT2D eigenvalue weighted by atomic mass is 32.2. The van der Waals surface area contributed by atoms with Crippen LogP contribution in [0.1, 0.15) is 54.4 Å². The number of piperidine rings is 2. The van der Waals surface area contributed by atoms with Crippen LogP contribution in [0.2, 0.25) is 0 Å². The van der Waals surface area contributed by atoms with Gasteiger partial charge in [0.1, 0.15) is 11.8 Å². The molecule has 11 nitrogen and oxygen atoms in total. The third-order valence-electron chi connectivity index (χ3n) is 9.87. The summed E-state index contributed by atoms with van der Waals surface area (Å²) < 4.78 is 59.8. The Hall–Kier alpha value is -3.52. The van der Waals surface area contributed by atoms with E-state index in [0.29, 0.717) is 68.4 Å². The molecule has 2 saturated heterocycles. The van der Waals surface area contributed by atoms with Crippen molar-refractivity contribution in [1.82, 2.24) is 8.61 Å². The van der Waals surface area contributed by atoms with Crippen molar-refractivity contribution in [3.05, 3.63) is 59.7 Å². The number of ether oxygens (including phenoxy) is 1. The Morgan fingerprint density at radius 3 is 2.57 bits per heavy atom. The Kier molecular flexibility index (Phi) is 8.07. The van der Waals surface area contributed by atoms with Gasteiger partial charge in [-0.1, -0.05) is 18.6 Å². The zero-order valence-corrected chi connectivity index (χ0v) is 27.4. The van der Waals surface area contributed by atoms with E-state index in [-0.39, 0.29) is 17.3 Å². The maximum Gasteiger partial charge on any atom is 0.258 e. The molecule has 46 heavy (non-hydrogen) atoms. The Balaban J connectivity index is 1.09. The second kappa shape index (κ2) is 11.9. The minimum Gasteiger partial charge on any atom is -0.493 e. The number of amides is 2. The number of fused-ring (bicyclic) bond motifs is 1. The molecule has 0 aromatic heterocycles. The van der Waals surface area contributed by atoms with Gasteiger partial charge in [0, 0.05) is 54.6 Å². The van der Waals surface area contributed by atoms with Crippen molar-refractivity contribution < 1.29 is 31.2 Å². The number of nitrogens with one attached hydrogen (secondary N) is 1. The van der Waals surface area contributed by atoms with Crippen molar-refractivity contribution in [1.29, 1.82) is 0 Å². The van der Waals surface area contributed by atoms with Crippen LogP contribution in [0.4, 0.5) is 11.4 Å². The Morgan fingerprint density at radius 2 is 1.78 bits per heavy atom. The maximum atomic E-state index is 13.8. The molecule has 4 aliphatic rings. The van der Waals surface area contributed by atoms with E-state index in [1.54, 1.807) is 41.3 Å². The highest BCUT2D eigenvalue weighted by Crippen LogP contribution is 2.41. The Morgan fingerprint density at radius 1 is 0.978 bits per heavy atom. The first kappa shape index (κ1) is 31.1. The van der Waals surface area contributed by atoms with Crippen LogP contribution in [-0.4, -0.2) is 82.3 Å². The number of carbonyl (C=O) groups excluding carboxylic acids is 2. The predicted octanol–water partition coefficient (Wildman–Crippen LogP) is 3.98. The largest absolute Gasteiger partial charge is 0.493 e. The third-order valence-corrected chi connectivity index (χ3v) is 13.1. The highest BCUT2D eigenvalue weighted by Gasteiger charge is 2.39. The number of benzene rings is 3. The molecule has 1 N–H and O–H groups in total. The average Bonchev–Trinajstić information content (AvgIpc) is 3.63. The van der Waals surface area contributed by atoms with Gasteiger partial charge in [-0.2, -0.15) is 4.31 Å². The molecule has 4 aliphatic heterocycles. The van der Waals surface area contributed by atoms with Crippen molar-refractivity contribution in [2.75, 3.05) is 49.3 Å². The number of hydrogen-bond acceptors (Lipinski definition) is 7. The average molecular weight is 667 g/mol. The van der Waals surface area contributed by atoms with Crippen molar-refractivity contribution in [2.24, 2.45) is 5.92 Å². The molecule has 0 aliphatic carbocycles. The predicted molar refractivity (Wildman–Crippen MR) is 175 cm³/mol. The normalized spacial score (nSPS) is 21.0. The van der Waals surface area contributed by atoms with Crippen molar-refractivity contribution in [2.45, 2.75) is 55.9 Å². The maximum absolute atomic E-state index is 13.8. The van der Waals surface area contributed by atoms with Gasteiger partial charge in [0.2, 0.25) is 26.0 Å². The smallest absolute Gasteiger partial charge is 0.258 e. The highest BCUT2D eigenvalue weighted by molar-refractivity contribution is 7.89. The summed E-state index contributed by atoms with van der Waals surface area (Å²) in [4.78, 5) is 29.3. The lowest BCUT2D eigenvalue weighted by molar-refractivity contribution is -0.120. The SMILES string of the molecule is CS(=O)(=O)N1CCC(CCN2C(=O)c3cccc4c(NC(=O)C5CCCCN5S(=O)(=O)c5ccc6c(c5)CCO6)ccc2c34)CC1. The lowest BCUT2D eigenvalue weighted by Crippen LogP contribution is -2.49. The van der Waals surface area contributed by atoms with Crippen LogP contribution in [0.25, 0.3) is 10.8 Å². The molecule has 4 heterocycles. The van der Waals surface area contributed by atoms with Crippen LogP contribution in [0, 0.1) is 5.92 Å². The van der Waals surface area contributed by atoms with Crippen molar-refractivity contribution >= 4 is 54.0 Å². The summed E-state index contributed by atoms with van der Waals surface area (Å²) in [5, 5.41) is 4.51. The second-order valence-corrected chi connectivity index (χ2v) is 16.6. The molecule has 3 aromatic carbocycles. The van der Waals surface area contributed by atoms with Crippen LogP contribution in [0.5, 0.6) is 5.75 Å². The molecule has 244 valence electrons. The van der Waals surface area contributed by atoms with Gasteiger partial charge in [-0.3, -0.25) is 9.59 Å². The van der Waals surface area contributed by atoms with E-state index in [9.17, 15) is 26.4 Å². The fraction of sp³-hybridized carbons (Fsp3) is 0.455. The van der Waals surface area contributed by atoms with Crippen molar-refractivity contribution in [3.8, 4) is 5.75 Å². The Bertz CT molecular complexity index is 1940. The third kappa shape index (κ3) is 5.56. The molecule has 7 rings (SSSR count). The van der Waals surface area contributed by atoms with Gasteiger partial charge >= 0.3 is 0 Å². The quantitative estimate of drug-likeness (QED) is 0.385. The van der Waals surface area contributed by atoms with Crippen LogP contribution in [-0.2, 0) is 31.3 Å². The summed E-state index contributed by atoms with van der Waals surface area (Å²) in [7, 11) is -7.12. The summed E-state index contributed by atoms with van der Waals surface area (Å²) >= 11 is 0. The number of anilines is 2. The second-order valence-electron chi connectivity index (χ2n) is 12.7. The number of carbonyl (C=O) groups is 2. The molecule has 1 atom stereocenters. The van der Waals surface area contributed by atoms with Gasteiger partial charge in [-0.05, 0) is 80.0 Å². The van der Waals surface area contributed by atoms with E-state index in [1.165, 1.54) is 14.9 Å². The van der Waals surface area contributed by atoms with E-state index >= 15 is 0 Å². The fourth-order valence-electron chi connectivity index (χ4n) is 7.35. The van der Waals surface area contributed by atoms with Gasteiger partial charge < -0.3 is 15.0 Å². The zero-order chi connectivity index (χ0) is 32.2. The summed E-state index contributed by atoms with van der Waals surface area (Å²) in [6.07, 6.45) is 6.00. The lowest BCUT2D eigenvalue weighted by atomic mass is 9.94. The van der Waals surface area contributed by atoms with Gasteiger partial charge in [-0.15, -0.1) is 0 Å². The first-order chi connectivity index (χ1) is 22.0. The molecular weight excluding hydrogens is 629 g/mol. The molecule has 2 fully saturated rings. The summed E-state index contributed by atoms with van der Waals surface area (Å²) in [6, 6.07) is 13.1. The molecular formula is C33H38N4O7S2. The van der Waals surface area contributed by atoms with E-state index in [1.807, 2.05) is 12.1 Å². The summed E-state index contributed by atoms with van der Waals surface area (Å²) in [5.41, 5.74) is 2.74. The number of rotatable bonds is 8. The zero-order valence-electron chi connectivity index (χ0n) is 25.8. The van der Waals surface area contributed by atoms with E-state index in [4.69, 9.17) is 4.74 Å². The van der Waals surface area contributed by atoms with Crippen LogP contribution >= 0.6 is 0 Å². The number of sulfonamides is 2. The van der Waals surface area contributed by atoms with Crippen LogP contribution < -0.4 is 15.0 Å². The van der Waals surface area contributed by atoms with Gasteiger partial charge in [-0.25, -0.2) is 21.1 Å². The van der Waals surface area contributed by atoms with Crippen molar-refractivity contribution in [3.63, 3.8) is 0 Å². The van der Waals surface area contributed by atoms with Gasteiger partial charge in [0.05, 0.1) is 23.4 Å². The minimum atomic E-state index is -3.92. The molecule has 3 aromatic rings. The van der Waals surface area contributed by atoms with E-state index in [2.05, 4.69) is 5.32 Å². The monoisotopic (exact) mass is 666 g/mol. The first-order valence-electron chi connectivity index (χ1n) is 15.9. The molecule has 13 heteroatoms. The fourth-order valence-corrected chi connectivity index (χ4v) is 9.93. The molecule has 2 amide bonds. The van der Waals surface area contributed by atoms with E-state index < -0.39 is 32.0 Å². The molecule has 0 spiro atoms. The van der Waals surface area contributed by atoms with Gasteiger partial charge in [0.25, 0.3) is 5.91 Å². The Labute approximate surface area is 269 Å². The van der Waals surface area contributed by atoms with Crippen LogP contribution in [0.3, 0.4) is 0 Å². The topological polar surface area (TPSA) is 133 Å². The van der Waals surface area contributed by atoms with Crippen LogP contribution in [0.15, 0.2) is 53.4 Å².